The van der Waals surface area contributed by atoms with E-state index in [0.717, 1.165) is 35.3 Å². The number of thiophene rings is 1. The van der Waals surface area contributed by atoms with Gasteiger partial charge in [0.2, 0.25) is 0 Å². The average molecular weight is 382 g/mol. The summed E-state index contributed by atoms with van der Waals surface area (Å²) in [5.74, 6) is 3.58. The number of aryl methyl sites for hydroxylation is 2. The Labute approximate surface area is 165 Å². The molecule has 3 heterocycles. The fourth-order valence-electron chi connectivity index (χ4n) is 4.04. The summed E-state index contributed by atoms with van der Waals surface area (Å²) in [4.78, 5) is 14.5. The minimum absolute atomic E-state index is 0.685. The van der Waals surface area contributed by atoms with Crippen LogP contribution >= 0.6 is 11.3 Å². The number of anilines is 1. The lowest BCUT2D eigenvalue weighted by molar-refractivity contribution is 0.340. The van der Waals surface area contributed by atoms with Crippen LogP contribution in [0.4, 0.5) is 5.82 Å². The maximum absolute atomic E-state index is 5.61. The molecule has 1 saturated heterocycles. The first kappa shape index (κ1) is 18.2. The van der Waals surface area contributed by atoms with E-state index in [1.54, 1.807) is 11.3 Å². The molecule has 27 heavy (non-hydrogen) atoms. The number of piperidine rings is 1. The molecule has 4 rings (SSSR count). The van der Waals surface area contributed by atoms with Crippen LogP contribution in [0.25, 0.3) is 21.3 Å². The lowest BCUT2D eigenvalue weighted by Crippen LogP contribution is -2.35. The number of hydrogen-bond acceptors (Lipinski definition) is 5. The van der Waals surface area contributed by atoms with Crippen molar-refractivity contribution in [3.63, 3.8) is 0 Å². The highest BCUT2D eigenvalue weighted by Gasteiger charge is 2.24. The van der Waals surface area contributed by atoms with Crippen molar-refractivity contribution in [2.24, 2.45) is 5.92 Å². The molecule has 1 atom stereocenters. The zero-order chi connectivity index (χ0) is 19.0. The van der Waals surface area contributed by atoms with Crippen molar-refractivity contribution < 1.29 is 4.74 Å². The fourth-order valence-corrected chi connectivity index (χ4v) is 5.13. The molecule has 2 aromatic heterocycles. The van der Waals surface area contributed by atoms with Crippen LogP contribution in [0, 0.1) is 19.8 Å². The molecule has 0 bridgehead atoms. The van der Waals surface area contributed by atoms with Crippen LogP contribution in [0.5, 0.6) is 5.75 Å². The second-order valence-corrected chi connectivity index (χ2v) is 8.66. The third kappa shape index (κ3) is 3.53. The first-order valence-corrected chi connectivity index (χ1v) is 10.6. The van der Waals surface area contributed by atoms with E-state index in [0.29, 0.717) is 12.5 Å². The molecule has 1 aliphatic heterocycles. The fraction of sp³-hybridized carbons (Fsp3) is 0.455. The van der Waals surface area contributed by atoms with Crippen LogP contribution in [-0.2, 0) is 0 Å². The van der Waals surface area contributed by atoms with Crippen molar-refractivity contribution in [2.75, 3.05) is 24.6 Å². The number of nitrogens with zero attached hydrogens (tertiary/aromatic N) is 3. The SMILES string of the molecule is CCOc1ccc(-c2c(C)sc3nc(C)nc(N4CCCC(C)C4)c23)cc1. The van der Waals surface area contributed by atoms with Gasteiger partial charge < -0.3 is 9.64 Å². The van der Waals surface area contributed by atoms with Gasteiger partial charge in [0.1, 0.15) is 22.2 Å². The second-order valence-electron chi connectivity index (χ2n) is 7.46. The number of fused-ring (bicyclic) bond motifs is 1. The zero-order valence-corrected chi connectivity index (χ0v) is 17.4. The summed E-state index contributed by atoms with van der Waals surface area (Å²) in [6.45, 7) is 11.4. The van der Waals surface area contributed by atoms with Crippen molar-refractivity contribution in [1.82, 2.24) is 9.97 Å². The summed E-state index contributed by atoms with van der Waals surface area (Å²) < 4.78 is 5.61. The highest BCUT2D eigenvalue weighted by atomic mass is 32.1. The van der Waals surface area contributed by atoms with Gasteiger partial charge in [-0.1, -0.05) is 19.1 Å². The predicted octanol–water partition coefficient (Wildman–Crippen LogP) is 5.61. The van der Waals surface area contributed by atoms with Crippen molar-refractivity contribution in [3.05, 3.63) is 35.0 Å². The van der Waals surface area contributed by atoms with Gasteiger partial charge in [0.15, 0.2) is 0 Å². The molecule has 4 nitrogen and oxygen atoms in total. The summed E-state index contributed by atoms with van der Waals surface area (Å²) >= 11 is 1.77. The van der Waals surface area contributed by atoms with Crippen LogP contribution in [0.2, 0.25) is 0 Å². The topological polar surface area (TPSA) is 38.3 Å². The Hall–Kier alpha value is -2.14. The molecule has 1 aromatic carbocycles. The minimum atomic E-state index is 0.685. The Balaban J connectivity index is 1.86. The Bertz CT molecular complexity index is 948. The smallest absolute Gasteiger partial charge is 0.141 e. The van der Waals surface area contributed by atoms with Crippen LogP contribution in [0.15, 0.2) is 24.3 Å². The van der Waals surface area contributed by atoms with Gasteiger partial charge in [0.25, 0.3) is 0 Å². The summed E-state index contributed by atoms with van der Waals surface area (Å²) in [7, 11) is 0. The van der Waals surface area contributed by atoms with Gasteiger partial charge in [-0.2, -0.15) is 0 Å². The van der Waals surface area contributed by atoms with E-state index in [1.807, 2.05) is 13.8 Å². The first-order chi connectivity index (χ1) is 13.1. The third-order valence-electron chi connectivity index (χ3n) is 5.23. The summed E-state index contributed by atoms with van der Waals surface area (Å²) in [6, 6.07) is 8.42. The van der Waals surface area contributed by atoms with E-state index >= 15 is 0 Å². The minimum Gasteiger partial charge on any atom is -0.494 e. The van der Waals surface area contributed by atoms with E-state index in [2.05, 4.69) is 43.0 Å². The zero-order valence-electron chi connectivity index (χ0n) is 16.6. The average Bonchev–Trinajstić information content (AvgIpc) is 2.97. The largest absolute Gasteiger partial charge is 0.494 e. The summed E-state index contributed by atoms with van der Waals surface area (Å²) in [5.41, 5.74) is 2.48. The van der Waals surface area contributed by atoms with E-state index in [-0.39, 0.29) is 0 Å². The van der Waals surface area contributed by atoms with E-state index in [4.69, 9.17) is 14.7 Å². The lowest BCUT2D eigenvalue weighted by Gasteiger charge is -2.32. The summed E-state index contributed by atoms with van der Waals surface area (Å²) in [6.07, 6.45) is 2.53. The maximum Gasteiger partial charge on any atom is 0.141 e. The molecule has 0 amide bonds. The molecule has 0 spiro atoms. The van der Waals surface area contributed by atoms with Gasteiger partial charge in [0.05, 0.1) is 12.0 Å². The molecule has 0 saturated carbocycles. The van der Waals surface area contributed by atoms with Crippen molar-refractivity contribution >= 4 is 27.4 Å². The quantitative estimate of drug-likeness (QED) is 0.589. The standard InChI is InChI=1S/C22H27N3OS/c1-5-26-18-10-8-17(9-11-18)19-15(3)27-22-20(19)21(23-16(4)24-22)25-12-6-7-14(2)13-25/h8-11,14H,5-7,12-13H2,1-4H3. The van der Waals surface area contributed by atoms with E-state index < -0.39 is 0 Å². The van der Waals surface area contributed by atoms with Crippen LogP contribution in [0.3, 0.4) is 0 Å². The van der Waals surface area contributed by atoms with Gasteiger partial charge in [-0.05, 0) is 57.2 Å². The molecule has 1 unspecified atom stereocenters. The van der Waals surface area contributed by atoms with Crippen LogP contribution in [0.1, 0.15) is 37.4 Å². The third-order valence-corrected chi connectivity index (χ3v) is 6.23. The molecule has 142 valence electrons. The Morgan fingerprint density at radius 2 is 1.96 bits per heavy atom. The normalized spacial score (nSPS) is 17.5. The maximum atomic E-state index is 5.61. The molecule has 5 heteroatoms. The van der Waals surface area contributed by atoms with Gasteiger partial charge in [-0.15, -0.1) is 11.3 Å². The van der Waals surface area contributed by atoms with Crippen LogP contribution < -0.4 is 9.64 Å². The van der Waals surface area contributed by atoms with Gasteiger partial charge in [0, 0.05) is 23.5 Å². The molecular weight excluding hydrogens is 354 g/mol. The number of hydrogen-bond donors (Lipinski definition) is 0. The molecule has 3 aromatic rings. The van der Waals surface area contributed by atoms with Crippen molar-refractivity contribution in [2.45, 2.75) is 40.5 Å². The Kier molecular flexibility index (Phi) is 5.04. The second kappa shape index (κ2) is 7.47. The molecule has 0 radical (unpaired) electrons. The summed E-state index contributed by atoms with van der Waals surface area (Å²) in [5, 5.41) is 1.21. The highest BCUT2D eigenvalue weighted by Crippen LogP contribution is 2.42. The molecule has 0 N–H and O–H groups in total. The van der Waals surface area contributed by atoms with Gasteiger partial charge in [-0.3, -0.25) is 0 Å². The predicted molar refractivity (Wildman–Crippen MR) is 114 cm³/mol. The van der Waals surface area contributed by atoms with Crippen LogP contribution in [-0.4, -0.2) is 29.7 Å². The van der Waals surface area contributed by atoms with Crippen molar-refractivity contribution in [1.29, 1.82) is 0 Å². The Morgan fingerprint density at radius 3 is 2.67 bits per heavy atom. The number of aromatic nitrogens is 2. The highest BCUT2D eigenvalue weighted by molar-refractivity contribution is 7.19. The van der Waals surface area contributed by atoms with Gasteiger partial charge in [-0.25, -0.2) is 9.97 Å². The monoisotopic (exact) mass is 381 g/mol. The number of benzene rings is 1. The number of ether oxygens (including phenoxy) is 1. The molecule has 1 fully saturated rings. The van der Waals surface area contributed by atoms with E-state index in [1.165, 1.54) is 34.2 Å². The number of rotatable bonds is 4. The first-order valence-electron chi connectivity index (χ1n) is 9.82. The molecular formula is C22H27N3OS. The lowest BCUT2D eigenvalue weighted by atomic mass is 9.99. The van der Waals surface area contributed by atoms with Gasteiger partial charge >= 0.3 is 0 Å². The van der Waals surface area contributed by atoms with E-state index in [9.17, 15) is 0 Å². The Morgan fingerprint density at radius 1 is 1.19 bits per heavy atom. The molecule has 0 aliphatic carbocycles. The molecule has 1 aliphatic rings. The van der Waals surface area contributed by atoms with Crippen molar-refractivity contribution in [3.8, 4) is 16.9 Å².